The monoisotopic (exact) mass is 545 g/mol. The van der Waals surface area contributed by atoms with Gasteiger partial charge in [0, 0.05) is 11.3 Å². The molecule has 198 valence electrons. The highest BCUT2D eigenvalue weighted by atomic mass is 32.2. The van der Waals surface area contributed by atoms with Crippen molar-refractivity contribution < 1.29 is 26.7 Å². The van der Waals surface area contributed by atoms with Crippen molar-refractivity contribution >= 4 is 48.8 Å². The number of aliphatic hydroxyl groups excluding tert-OH is 1. The van der Waals surface area contributed by atoms with Crippen LogP contribution in [0.3, 0.4) is 0 Å². The van der Waals surface area contributed by atoms with Crippen molar-refractivity contribution in [3.63, 3.8) is 0 Å². The first-order valence-corrected chi connectivity index (χ1v) is 15.0. The van der Waals surface area contributed by atoms with E-state index in [1.54, 1.807) is 18.2 Å². The summed E-state index contributed by atoms with van der Waals surface area (Å²) in [5.74, 6) is -0.695. The van der Waals surface area contributed by atoms with Gasteiger partial charge in [0.05, 0.1) is 16.4 Å². The van der Waals surface area contributed by atoms with Crippen LogP contribution in [0.5, 0.6) is 0 Å². The van der Waals surface area contributed by atoms with E-state index in [-0.39, 0.29) is 33.4 Å². The van der Waals surface area contributed by atoms with Gasteiger partial charge in [-0.15, -0.1) is 4.40 Å². The number of fused-ring (bicyclic) bond motifs is 2. The van der Waals surface area contributed by atoms with Gasteiger partial charge in [-0.25, -0.2) is 8.42 Å². The van der Waals surface area contributed by atoms with E-state index in [9.17, 15) is 26.7 Å². The molecule has 1 aliphatic carbocycles. The van der Waals surface area contributed by atoms with Crippen LogP contribution in [0.25, 0.3) is 5.76 Å². The van der Waals surface area contributed by atoms with Gasteiger partial charge in [0.25, 0.3) is 10.0 Å². The minimum Gasteiger partial charge on any atom is -0.506 e. The lowest BCUT2D eigenvalue weighted by molar-refractivity contribution is -0.120. The summed E-state index contributed by atoms with van der Waals surface area (Å²) in [6, 6.07) is 11.1. The second kappa shape index (κ2) is 9.29. The van der Waals surface area contributed by atoms with Gasteiger partial charge in [0.2, 0.25) is 10.0 Å². The van der Waals surface area contributed by atoms with Gasteiger partial charge in [0.15, 0.2) is 11.6 Å². The largest absolute Gasteiger partial charge is 0.506 e. The smallest absolute Gasteiger partial charge is 0.286 e. The molecule has 9 nitrogen and oxygen atoms in total. The predicted octanol–water partition coefficient (Wildman–Crippen LogP) is 4.60. The molecule has 37 heavy (non-hydrogen) atoms. The third kappa shape index (κ3) is 4.77. The molecular formula is C26H31N3O6S2. The molecule has 2 aromatic carbocycles. The van der Waals surface area contributed by atoms with Crippen LogP contribution < -0.4 is 10.0 Å². The Labute approximate surface area is 217 Å². The quantitative estimate of drug-likeness (QED) is 0.462. The van der Waals surface area contributed by atoms with Gasteiger partial charge < -0.3 is 10.4 Å². The van der Waals surface area contributed by atoms with Crippen LogP contribution in [0, 0.1) is 5.92 Å². The van der Waals surface area contributed by atoms with Crippen LogP contribution in [0.15, 0.2) is 57.3 Å². The van der Waals surface area contributed by atoms with Gasteiger partial charge in [-0.3, -0.25) is 9.52 Å². The predicted molar refractivity (Wildman–Crippen MR) is 145 cm³/mol. The average molecular weight is 546 g/mol. The zero-order valence-corrected chi connectivity index (χ0v) is 23.0. The van der Waals surface area contributed by atoms with Crippen LogP contribution in [0.4, 0.5) is 11.4 Å². The zero-order valence-electron chi connectivity index (χ0n) is 21.4. The molecule has 0 aromatic heterocycles. The van der Waals surface area contributed by atoms with Crippen LogP contribution in [0.2, 0.25) is 0 Å². The van der Waals surface area contributed by atoms with E-state index in [1.807, 2.05) is 13.0 Å². The lowest BCUT2D eigenvalue weighted by Crippen LogP contribution is -2.42. The van der Waals surface area contributed by atoms with Crippen LogP contribution >= 0.6 is 0 Å². The summed E-state index contributed by atoms with van der Waals surface area (Å²) in [5, 5.41) is 13.3. The fourth-order valence-corrected chi connectivity index (χ4v) is 6.31. The van der Waals surface area contributed by atoms with E-state index in [0.717, 1.165) is 6.42 Å². The van der Waals surface area contributed by atoms with Gasteiger partial charge in [-0.2, -0.15) is 8.42 Å². The van der Waals surface area contributed by atoms with Crippen LogP contribution in [-0.2, 0) is 30.3 Å². The van der Waals surface area contributed by atoms with Crippen molar-refractivity contribution in [2.45, 2.75) is 63.0 Å². The first kappa shape index (κ1) is 26.9. The van der Waals surface area contributed by atoms with E-state index < -0.39 is 36.5 Å². The maximum absolute atomic E-state index is 13.9. The minimum atomic E-state index is -4.33. The standard InChI is InChI=1S/C26H31N3O6S2/c1-15(2)12-13-26(5)19-9-7-6-8-18(19)23(30)22(24(26)31)25-27-20-11-10-17(28-36(32,33)16(3)4)14-21(20)37(34,35)29-25/h6-11,14-16,28,30H,12-13H2,1-5H3,(H,27,29). The molecule has 2 aromatic rings. The molecule has 0 saturated carbocycles. The number of aliphatic hydroxyl groups is 1. The van der Waals surface area contributed by atoms with Crippen LogP contribution in [0.1, 0.15) is 58.6 Å². The Morgan fingerprint density at radius 1 is 1.11 bits per heavy atom. The zero-order chi connectivity index (χ0) is 27.3. The molecule has 0 spiro atoms. The Kier molecular flexibility index (Phi) is 6.74. The molecule has 1 heterocycles. The van der Waals surface area contributed by atoms with E-state index in [4.69, 9.17) is 0 Å². The molecule has 0 saturated heterocycles. The number of nitrogens with one attached hydrogen (secondary N) is 2. The highest BCUT2D eigenvalue weighted by Gasteiger charge is 2.46. The normalized spacial score (nSPS) is 20.8. The number of benzene rings is 2. The summed E-state index contributed by atoms with van der Waals surface area (Å²) < 4.78 is 57.1. The van der Waals surface area contributed by atoms with E-state index in [1.165, 1.54) is 32.0 Å². The first-order valence-electron chi connectivity index (χ1n) is 12.0. The Bertz CT molecular complexity index is 1560. The first-order chi connectivity index (χ1) is 17.2. The Morgan fingerprint density at radius 3 is 2.43 bits per heavy atom. The molecule has 4 rings (SSSR count). The number of hydrogen-bond acceptors (Lipinski definition) is 7. The number of Topliss-reactive ketones (excluding diaryl/α,β-unsaturated/α-hetero) is 1. The summed E-state index contributed by atoms with van der Waals surface area (Å²) in [6.07, 6.45) is 1.26. The van der Waals surface area contributed by atoms with E-state index >= 15 is 0 Å². The molecule has 3 N–H and O–H groups in total. The van der Waals surface area contributed by atoms with Gasteiger partial charge in [-0.1, -0.05) is 38.1 Å². The Balaban J connectivity index is 1.81. The molecule has 1 atom stereocenters. The minimum absolute atomic E-state index is 0.0717. The van der Waals surface area contributed by atoms with Crippen molar-refractivity contribution in [3.05, 3.63) is 59.2 Å². The van der Waals surface area contributed by atoms with Crippen molar-refractivity contribution in [1.29, 1.82) is 0 Å². The molecule has 0 bridgehead atoms. The fourth-order valence-electron chi connectivity index (χ4n) is 4.47. The summed E-state index contributed by atoms with van der Waals surface area (Å²) in [7, 11) is -8.03. The summed E-state index contributed by atoms with van der Waals surface area (Å²) in [5.41, 5.74) is 0.146. The molecule has 0 radical (unpaired) electrons. The average Bonchev–Trinajstić information content (AvgIpc) is 2.81. The molecule has 0 amide bonds. The number of anilines is 2. The third-order valence-electron chi connectivity index (χ3n) is 6.80. The second-order valence-corrected chi connectivity index (χ2v) is 14.1. The summed E-state index contributed by atoms with van der Waals surface area (Å²) in [6.45, 7) is 8.93. The Morgan fingerprint density at radius 2 is 1.78 bits per heavy atom. The molecular weight excluding hydrogens is 514 g/mol. The highest BCUT2D eigenvalue weighted by molar-refractivity contribution is 7.93. The van der Waals surface area contributed by atoms with Crippen molar-refractivity contribution in [1.82, 2.24) is 0 Å². The maximum Gasteiger partial charge on any atom is 0.286 e. The number of amidine groups is 1. The van der Waals surface area contributed by atoms with Gasteiger partial charge in [-0.05, 0) is 63.3 Å². The number of rotatable bonds is 7. The van der Waals surface area contributed by atoms with Crippen molar-refractivity contribution in [2.24, 2.45) is 10.3 Å². The van der Waals surface area contributed by atoms with Gasteiger partial charge in [0.1, 0.15) is 16.2 Å². The molecule has 0 fully saturated rings. The summed E-state index contributed by atoms with van der Waals surface area (Å²) in [4.78, 5) is 13.7. The van der Waals surface area contributed by atoms with E-state index in [2.05, 4.69) is 28.3 Å². The number of carbonyl (C=O) groups excluding carboxylic acids is 1. The molecule has 1 aliphatic heterocycles. The van der Waals surface area contributed by atoms with Crippen molar-refractivity contribution in [2.75, 3.05) is 10.0 Å². The lowest BCUT2D eigenvalue weighted by atomic mass is 9.66. The second-order valence-electron chi connectivity index (χ2n) is 10.3. The van der Waals surface area contributed by atoms with E-state index in [0.29, 0.717) is 23.5 Å². The summed E-state index contributed by atoms with van der Waals surface area (Å²) >= 11 is 0. The number of nitrogens with zero attached hydrogens (tertiary/aromatic N) is 1. The topological polar surface area (TPSA) is 142 Å². The maximum atomic E-state index is 13.9. The number of hydrogen-bond donors (Lipinski definition) is 3. The lowest BCUT2D eigenvalue weighted by Gasteiger charge is -2.36. The molecule has 1 unspecified atom stereocenters. The Hall–Kier alpha value is -3.18. The van der Waals surface area contributed by atoms with Gasteiger partial charge >= 0.3 is 0 Å². The molecule has 11 heteroatoms. The SMILES string of the molecule is CC(C)CCC1(C)C(=O)C(C2=NS(=O)(=O)c3cc(NS(=O)(=O)C(C)C)ccc3N2)=C(O)c2ccccc21. The molecule has 2 aliphatic rings. The van der Waals surface area contributed by atoms with Crippen LogP contribution in [-0.4, -0.2) is 38.8 Å². The fraction of sp³-hybridized carbons (Fsp3) is 0.385. The third-order valence-corrected chi connectivity index (χ3v) is 9.88. The number of sulfonamides is 2. The number of ketones is 1. The highest BCUT2D eigenvalue weighted by Crippen LogP contribution is 2.44. The van der Waals surface area contributed by atoms with Crippen molar-refractivity contribution in [3.8, 4) is 0 Å². The number of carbonyl (C=O) groups is 1.